The first-order valence-electron chi connectivity index (χ1n) is 8.80. The number of carboxylic acid groups (broad SMARTS) is 1. The highest BCUT2D eigenvalue weighted by molar-refractivity contribution is 7.13. The van der Waals surface area contributed by atoms with Crippen molar-refractivity contribution in [2.24, 2.45) is 13.0 Å². The maximum absolute atomic E-state index is 13.4. The summed E-state index contributed by atoms with van der Waals surface area (Å²) in [5.41, 5.74) is 2.66. The fraction of sp³-hybridized carbons (Fsp3) is 0.368. The summed E-state index contributed by atoms with van der Waals surface area (Å²) in [4.78, 5) is 32.2. The molecule has 7 nitrogen and oxygen atoms in total. The molecule has 3 aromatic rings. The molecule has 1 fully saturated rings. The zero-order chi connectivity index (χ0) is 19.3. The van der Waals surface area contributed by atoms with E-state index in [0.29, 0.717) is 24.2 Å². The first-order chi connectivity index (χ1) is 12.9. The quantitative estimate of drug-likeness (QED) is 0.750. The Morgan fingerprint density at radius 2 is 2.15 bits per heavy atom. The molecule has 2 unspecified atom stereocenters. The number of rotatable bonds is 3. The zero-order valence-corrected chi connectivity index (χ0v) is 16.2. The maximum Gasteiger partial charge on any atom is 0.308 e. The van der Waals surface area contributed by atoms with Crippen molar-refractivity contribution in [2.75, 3.05) is 6.54 Å². The number of carbonyl (C=O) groups is 2. The molecule has 0 bridgehead atoms. The van der Waals surface area contributed by atoms with Crippen molar-refractivity contribution in [2.45, 2.75) is 26.3 Å². The third-order valence-corrected chi connectivity index (χ3v) is 6.20. The number of aliphatic carboxylic acids is 1. The Bertz CT molecular complexity index is 1040. The minimum atomic E-state index is -0.852. The van der Waals surface area contributed by atoms with E-state index in [2.05, 4.69) is 5.10 Å². The zero-order valence-electron chi connectivity index (χ0n) is 15.3. The van der Waals surface area contributed by atoms with Crippen LogP contribution in [0.5, 0.6) is 0 Å². The van der Waals surface area contributed by atoms with Crippen molar-refractivity contribution in [3.05, 3.63) is 34.8 Å². The Hall–Kier alpha value is -2.74. The Kier molecular flexibility index (Phi) is 4.22. The van der Waals surface area contributed by atoms with E-state index in [4.69, 9.17) is 4.98 Å². The van der Waals surface area contributed by atoms with Gasteiger partial charge in [-0.1, -0.05) is 6.07 Å². The second-order valence-electron chi connectivity index (χ2n) is 6.91. The van der Waals surface area contributed by atoms with E-state index < -0.39 is 11.9 Å². The van der Waals surface area contributed by atoms with Gasteiger partial charge in [-0.2, -0.15) is 5.10 Å². The van der Waals surface area contributed by atoms with Crippen LogP contribution in [0.1, 0.15) is 29.4 Å². The molecule has 1 N–H and O–H groups in total. The molecule has 3 aromatic heterocycles. The summed E-state index contributed by atoms with van der Waals surface area (Å²) < 4.78 is 1.69. The molecule has 0 saturated carbocycles. The molecule has 0 aliphatic carbocycles. The second-order valence-corrected chi connectivity index (χ2v) is 7.86. The highest BCUT2D eigenvalue weighted by atomic mass is 32.1. The number of carbonyl (C=O) groups excluding carboxylic acids is 1. The minimum absolute atomic E-state index is 0.160. The number of hydrogen-bond donors (Lipinski definition) is 1. The Balaban J connectivity index is 1.85. The molecular formula is C19H20N4O3S. The molecule has 0 spiro atoms. The van der Waals surface area contributed by atoms with Crippen molar-refractivity contribution in [3.63, 3.8) is 0 Å². The normalized spacial score (nSPS) is 19.7. The van der Waals surface area contributed by atoms with Crippen LogP contribution in [-0.4, -0.2) is 49.2 Å². The van der Waals surface area contributed by atoms with Gasteiger partial charge in [-0.15, -0.1) is 11.3 Å². The number of amides is 1. The molecule has 1 saturated heterocycles. The van der Waals surface area contributed by atoms with Gasteiger partial charge in [-0.05, 0) is 37.8 Å². The van der Waals surface area contributed by atoms with Gasteiger partial charge in [0, 0.05) is 19.6 Å². The van der Waals surface area contributed by atoms with Crippen LogP contribution in [0.25, 0.3) is 21.6 Å². The molecule has 0 radical (unpaired) electrons. The van der Waals surface area contributed by atoms with Crippen LogP contribution in [0.3, 0.4) is 0 Å². The van der Waals surface area contributed by atoms with Gasteiger partial charge in [0.2, 0.25) is 0 Å². The predicted octanol–water partition coefficient (Wildman–Crippen LogP) is 2.94. The minimum Gasteiger partial charge on any atom is -0.481 e. The molecule has 1 amide bonds. The van der Waals surface area contributed by atoms with Gasteiger partial charge in [-0.25, -0.2) is 4.98 Å². The van der Waals surface area contributed by atoms with Gasteiger partial charge in [0.05, 0.1) is 33.1 Å². The molecule has 2 atom stereocenters. The fourth-order valence-corrected chi connectivity index (χ4v) is 4.56. The number of nitrogens with zero attached hydrogens (tertiary/aromatic N) is 4. The van der Waals surface area contributed by atoms with Crippen LogP contribution < -0.4 is 0 Å². The summed E-state index contributed by atoms with van der Waals surface area (Å²) in [6.45, 7) is 4.10. The first kappa shape index (κ1) is 17.7. The number of thiophene rings is 1. The lowest BCUT2D eigenvalue weighted by Crippen LogP contribution is -2.37. The van der Waals surface area contributed by atoms with Crippen molar-refractivity contribution < 1.29 is 14.7 Å². The maximum atomic E-state index is 13.4. The van der Waals surface area contributed by atoms with Crippen molar-refractivity contribution in [1.29, 1.82) is 0 Å². The molecule has 0 aromatic carbocycles. The number of pyridine rings is 1. The Labute approximate surface area is 160 Å². The summed E-state index contributed by atoms with van der Waals surface area (Å²) in [7, 11) is 1.81. The molecule has 4 rings (SSSR count). The molecule has 1 aliphatic rings. The van der Waals surface area contributed by atoms with E-state index in [1.54, 1.807) is 27.8 Å². The lowest BCUT2D eigenvalue weighted by atomic mass is 10.0. The monoisotopic (exact) mass is 384 g/mol. The van der Waals surface area contributed by atoms with Crippen LogP contribution in [-0.2, 0) is 11.8 Å². The number of likely N-dealkylation sites (tertiary alicyclic amines) is 1. The Morgan fingerprint density at radius 3 is 2.78 bits per heavy atom. The summed E-state index contributed by atoms with van der Waals surface area (Å²) in [5, 5.41) is 16.5. The van der Waals surface area contributed by atoms with E-state index >= 15 is 0 Å². The van der Waals surface area contributed by atoms with E-state index in [9.17, 15) is 14.7 Å². The van der Waals surface area contributed by atoms with Crippen LogP contribution in [0.2, 0.25) is 0 Å². The van der Waals surface area contributed by atoms with Crippen LogP contribution in [0.15, 0.2) is 23.6 Å². The number of hydrogen-bond acceptors (Lipinski definition) is 5. The average Bonchev–Trinajstić information content (AvgIpc) is 3.34. The van der Waals surface area contributed by atoms with Crippen LogP contribution in [0, 0.1) is 12.8 Å². The summed E-state index contributed by atoms with van der Waals surface area (Å²) in [6, 6.07) is 5.38. The first-order valence-corrected chi connectivity index (χ1v) is 9.68. The van der Waals surface area contributed by atoms with Crippen LogP contribution >= 0.6 is 11.3 Å². The molecule has 1 aliphatic heterocycles. The summed E-state index contributed by atoms with van der Waals surface area (Å²) in [5.74, 6) is -1.54. The number of aromatic nitrogens is 3. The van der Waals surface area contributed by atoms with Gasteiger partial charge in [0.1, 0.15) is 0 Å². The van der Waals surface area contributed by atoms with Crippen LogP contribution in [0.4, 0.5) is 0 Å². The summed E-state index contributed by atoms with van der Waals surface area (Å²) >= 11 is 1.56. The SMILES string of the molecule is Cc1nn(C)c2nc(-c3cccs3)cc(C(=O)N3CCC(C(=O)O)C3C)c12. The van der Waals surface area contributed by atoms with E-state index in [-0.39, 0.29) is 11.9 Å². The standard InChI is InChI=1S/C19H20N4O3S/c1-10-16-13(18(24)23-7-6-12(11(23)2)19(25)26)9-14(15-5-4-8-27-15)20-17(16)22(3)21-10/h4-5,8-9,11-12H,6-7H2,1-3H3,(H,25,26). The van der Waals surface area contributed by atoms with Gasteiger partial charge < -0.3 is 10.0 Å². The van der Waals surface area contributed by atoms with Gasteiger partial charge in [-0.3, -0.25) is 14.3 Å². The average molecular weight is 384 g/mol. The fourth-order valence-electron chi connectivity index (χ4n) is 3.88. The number of aryl methyl sites for hydroxylation is 2. The van der Waals surface area contributed by atoms with E-state index in [0.717, 1.165) is 21.7 Å². The third-order valence-electron chi connectivity index (χ3n) is 5.31. The molecular weight excluding hydrogens is 364 g/mol. The molecule has 4 heterocycles. The highest BCUT2D eigenvalue weighted by Crippen LogP contribution is 2.32. The lowest BCUT2D eigenvalue weighted by molar-refractivity contribution is -0.142. The third kappa shape index (κ3) is 2.80. The largest absolute Gasteiger partial charge is 0.481 e. The lowest BCUT2D eigenvalue weighted by Gasteiger charge is -2.24. The second kappa shape index (κ2) is 6.45. The van der Waals surface area contributed by atoms with Gasteiger partial charge in [0.25, 0.3) is 5.91 Å². The van der Waals surface area contributed by atoms with Crippen molar-refractivity contribution in [3.8, 4) is 10.6 Å². The number of fused-ring (bicyclic) bond motifs is 1. The number of carboxylic acids is 1. The van der Waals surface area contributed by atoms with E-state index in [1.165, 1.54) is 0 Å². The molecule has 140 valence electrons. The predicted molar refractivity (Wildman–Crippen MR) is 103 cm³/mol. The smallest absolute Gasteiger partial charge is 0.308 e. The summed E-state index contributed by atoms with van der Waals surface area (Å²) in [6.07, 6.45) is 0.472. The van der Waals surface area contributed by atoms with Crippen molar-refractivity contribution in [1.82, 2.24) is 19.7 Å². The van der Waals surface area contributed by atoms with E-state index in [1.807, 2.05) is 37.6 Å². The van der Waals surface area contributed by atoms with Gasteiger partial charge in [0.15, 0.2) is 5.65 Å². The molecule has 27 heavy (non-hydrogen) atoms. The highest BCUT2D eigenvalue weighted by Gasteiger charge is 2.39. The van der Waals surface area contributed by atoms with Crippen molar-refractivity contribution >= 4 is 34.2 Å². The van der Waals surface area contributed by atoms with Gasteiger partial charge >= 0.3 is 5.97 Å². The topological polar surface area (TPSA) is 88.3 Å². The molecule has 8 heteroatoms. The Morgan fingerprint density at radius 1 is 1.37 bits per heavy atom.